The number of benzene rings is 3. The van der Waals surface area contributed by atoms with Crippen molar-refractivity contribution in [2.45, 2.75) is 6.50 Å². The Hall–Kier alpha value is -3.31. The Morgan fingerprint density at radius 3 is 2.66 bits per heavy atom. The van der Waals surface area contributed by atoms with Gasteiger partial charge in [-0.15, -0.1) is 0 Å². The van der Waals surface area contributed by atoms with Gasteiger partial charge in [0.25, 0.3) is 0 Å². The second kappa shape index (κ2) is 7.60. The Morgan fingerprint density at radius 2 is 1.83 bits per heavy atom. The van der Waals surface area contributed by atoms with Crippen molar-refractivity contribution < 1.29 is 18.1 Å². The van der Waals surface area contributed by atoms with Crippen LogP contribution >= 0.6 is 0 Å². The maximum absolute atomic E-state index is 11.8. The summed E-state index contributed by atoms with van der Waals surface area (Å²) in [7, 11) is 0. The topological polar surface area (TPSA) is 52.5 Å². The summed E-state index contributed by atoms with van der Waals surface area (Å²) in [5.41, 5.74) is 0.800. The number of nitrogens with one attached hydrogen (secondary N) is 1. The predicted molar refractivity (Wildman–Crippen MR) is 116 cm³/mol. The lowest BCUT2D eigenvalue weighted by molar-refractivity contribution is 0.250. The minimum absolute atomic E-state index is 0.00695. The molecule has 1 aliphatic heterocycles. The molecule has 1 aromatic heterocycles. The van der Waals surface area contributed by atoms with Gasteiger partial charge < -0.3 is 9.32 Å². The van der Waals surface area contributed by atoms with Crippen molar-refractivity contribution >= 4 is 16.8 Å². The van der Waals surface area contributed by atoms with Gasteiger partial charge in [-0.05, 0) is 34.8 Å². The van der Waals surface area contributed by atoms with Crippen molar-refractivity contribution in [3.63, 3.8) is 0 Å². The van der Waals surface area contributed by atoms with Gasteiger partial charge in [0, 0.05) is 35.4 Å². The summed E-state index contributed by atoms with van der Waals surface area (Å²) in [6.45, 7) is -1.08. The molecule has 1 fully saturated rings. The normalized spacial score (nSPS) is 20.5. The number of fused-ring (bicyclic) bond motifs is 1. The molecule has 1 saturated heterocycles. The van der Waals surface area contributed by atoms with E-state index in [0.717, 1.165) is 0 Å². The van der Waals surface area contributed by atoms with E-state index < -0.39 is 30.4 Å². The molecule has 5 heteroatoms. The van der Waals surface area contributed by atoms with Crippen LogP contribution in [0.15, 0.2) is 81.8 Å². The van der Waals surface area contributed by atoms with Gasteiger partial charge in [-0.25, -0.2) is 4.79 Å². The molecule has 0 atom stereocenters. The maximum atomic E-state index is 11.8. The molecule has 4 aromatic rings. The van der Waals surface area contributed by atoms with E-state index in [0.29, 0.717) is 5.56 Å². The van der Waals surface area contributed by atoms with Gasteiger partial charge in [0.15, 0.2) is 5.58 Å². The lowest BCUT2D eigenvalue weighted by atomic mass is 10.0. The van der Waals surface area contributed by atoms with Crippen LogP contribution in [0.25, 0.3) is 22.2 Å². The number of aromatic amines is 1. The zero-order valence-electron chi connectivity index (χ0n) is 25.3. The summed E-state index contributed by atoms with van der Waals surface area (Å²) >= 11 is 0. The fourth-order valence-electron chi connectivity index (χ4n) is 3.38. The zero-order chi connectivity index (χ0) is 28.4. The van der Waals surface area contributed by atoms with Crippen LogP contribution in [0.1, 0.15) is 19.3 Å². The van der Waals surface area contributed by atoms with Gasteiger partial charge in [0.05, 0.1) is 22.2 Å². The molecule has 5 rings (SSSR count). The number of rotatable bonds is 4. The third-order valence-corrected chi connectivity index (χ3v) is 4.77. The van der Waals surface area contributed by atoms with Crippen molar-refractivity contribution in [1.82, 2.24) is 9.88 Å². The molecule has 5 nitrogen and oxygen atoms in total. The molecular formula is C24H23N3O2. The average molecular weight is 396 g/mol. The smallest absolute Gasteiger partial charge is 0.406 e. The van der Waals surface area contributed by atoms with Crippen molar-refractivity contribution in [3.8, 4) is 11.1 Å². The number of hydrogen-bond donors (Lipinski definition) is 1. The summed E-state index contributed by atoms with van der Waals surface area (Å²) in [5, 5.41) is 0. The molecule has 1 N–H and O–H groups in total. The van der Waals surface area contributed by atoms with E-state index in [-0.39, 0.29) is 84.3 Å². The van der Waals surface area contributed by atoms with E-state index in [2.05, 4.69) is 4.98 Å². The third kappa shape index (κ3) is 3.69. The highest BCUT2D eigenvalue weighted by molar-refractivity contribution is 5.86. The van der Waals surface area contributed by atoms with Gasteiger partial charge in [-0.3, -0.25) is 9.88 Å². The van der Waals surface area contributed by atoms with Crippen LogP contribution in [0.4, 0.5) is 5.69 Å². The summed E-state index contributed by atoms with van der Waals surface area (Å²) in [4.78, 5) is 17.5. The number of aromatic nitrogens is 1. The molecule has 0 saturated carbocycles. The second-order valence-electron chi connectivity index (χ2n) is 6.61. The summed E-state index contributed by atoms with van der Waals surface area (Å²) in [5.74, 6) is -0.793. The lowest BCUT2D eigenvalue weighted by Gasteiger charge is -2.36. The van der Waals surface area contributed by atoms with Gasteiger partial charge >= 0.3 is 5.76 Å². The van der Waals surface area contributed by atoms with Crippen LogP contribution in [-0.2, 0) is 6.50 Å². The first-order valence-electron chi connectivity index (χ1n) is 14.1. The summed E-state index contributed by atoms with van der Waals surface area (Å²) < 4.78 is 87.7. The van der Waals surface area contributed by atoms with E-state index in [1.54, 1.807) is 28.0 Å². The van der Waals surface area contributed by atoms with Crippen LogP contribution in [0.2, 0.25) is 0 Å². The first-order chi connectivity index (χ1) is 18.3. The van der Waals surface area contributed by atoms with Gasteiger partial charge in [-0.2, -0.15) is 0 Å². The number of anilines is 1. The van der Waals surface area contributed by atoms with E-state index in [1.807, 2.05) is 0 Å². The Bertz CT molecular complexity index is 1650. The van der Waals surface area contributed by atoms with Crippen LogP contribution in [0, 0.1) is 0 Å². The third-order valence-electron chi connectivity index (χ3n) is 4.77. The molecule has 0 bridgehead atoms. The molecule has 29 heavy (non-hydrogen) atoms. The minimum Gasteiger partial charge on any atom is -0.406 e. The quantitative estimate of drug-likeness (QED) is 0.565. The second-order valence-corrected chi connectivity index (χ2v) is 6.61. The average Bonchev–Trinajstić information content (AvgIpc) is 3.31. The summed E-state index contributed by atoms with van der Waals surface area (Å²) in [6.07, 6.45) is 0. The standard InChI is InChI=1S/C24H23N3O2/c28-24-25-21-10-5-11-22(23(21)29-24)27-14-12-26(13-15-27)17-18-6-4-9-20(16-18)19-7-2-1-3-8-19/h1-11,16H,12-15,17H2,(H,25,28)/i1D,2D,3D,5D,7D,8D,10D,11D,17D2. The molecule has 0 radical (unpaired) electrons. The lowest BCUT2D eigenvalue weighted by Crippen LogP contribution is -2.46. The van der Waals surface area contributed by atoms with Crippen molar-refractivity contribution in [3.05, 3.63) is 88.7 Å². The molecule has 1 aliphatic rings. The molecule has 0 unspecified atom stereocenters. The van der Waals surface area contributed by atoms with Gasteiger partial charge in [0.2, 0.25) is 0 Å². The largest absolute Gasteiger partial charge is 0.417 e. The summed E-state index contributed by atoms with van der Waals surface area (Å²) in [6, 6.07) is 3.14. The molecule has 3 aromatic carbocycles. The first-order valence-corrected chi connectivity index (χ1v) is 9.15. The van der Waals surface area contributed by atoms with Gasteiger partial charge in [-0.1, -0.05) is 54.5 Å². The highest BCUT2D eigenvalue weighted by Crippen LogP contribution is 2.26. The van der Waals surface area contributed by atoms with Crippen molar-refractivity contribution in [2.75, 3.05) is 31.1 Å². The first kappa shape index (κ1) is 9.94. The number of oxazole rings is 1. The predicted octanol–water partition coefficient (Wildman–Crippen LogP) is 4.11. The number of para-hydroxylation sites is 1. The Balaban J connectivity index is 1.44. The van der Waals surface area contributed by atoms with Crippen LogP contribution in [-0.4, -0.2) is 36.1 Å². The van der Waals surface area contributed by atoms with Crippen molar-refractivity contribution in [2.24, 2.45) is 0 Å². The number of nitrogens with zero attached hydrogens (tertiary/aromatic N) is 2. The Morgan fingerprint density at radius 1 is 1.00 bits per heavy atom. The highest BCUT2D eigenvalue weighted by atomic mass is 16.4. The Kier molecular flexibility index (Phi) is 2.61. The SMILES string of the molecule is [2H]c1c([2H])c([2H])c(-c2cccc(C([2H])([2H])N3CCN(c4c([2H])c([2H])c([2H])c5[nH]c(=O)oc45)CC3)c2)c([2H])c1[2H]. The highest BCUT2D eigenvalue weighted by Gasteiger charge is 2.20. The number of hydrogen-bond acceptors (Lipinski definition) is 4. The van der Waals surface area contributed by atoms with Crippen molar-refractivity contribution in [1.29, 1.82) is 0 Å². The van der Waals surface area contributed by atoms with E-state index in [9.17, 15) is 4.79 Å². The molecule has 0 amide bonds. The molecule has 2 heterocycles. The molecule has 0 spiro atoms. The maximum Gasteiger partial charge on any atom is 0.417 e. The molecule has 146 valence electrons. The molecular weight excluding hydrogens is 362 g/mol. The zero-order valence-corrected chi connectivity index (χ0v) is 15.3. The van der Waals surface area contributed by atoms with Crippen LogP contribution < -0.4 is 10.7 Å². The van der Waals surface area contributed by atoms with Gasteiger partial charge in [0.1, 0.15) is 0 Å². The van der Waals surface area contributed by atoms with E-state index >= 15 is 0 Å². The minimum atomic E-state index is -1.99. The molecule has 0 aliphatic carbocycles. The number of piperazine rings is 1. The van der Waals surface area contributed by atoms with E-state index in [4.69, 9.17) is 18.1 Å². The van der Waals surface area contributed by atoms with Crippen LogP contribution in [0.5, 0.6) is 0 Å². The fraction of sp³-hybridized carbons (Fsp3) is 0.208. The number of H-pyrrole nitrogens is 1. The Labute approximate surface area is 183 Å². The van der Waals surface area contributed by atoms with Crippen LogP contribution in [0.3, 0.4) is 0 Å². The monoisotopic (exact) mass is 395 g/mol. The fourth-order valence-corrected chi connectivity index (χ4v) is 3.38. The van der Waals surface area contributed by atoms with E-state index in [1.165, 1.54) is 6.07 Å².